The first-order valence-electron chi connectivity index (χ1n) is 8.99. The van der Waals surface area contributed by atoms with Crippen molar-refractivity contribution in [1.29, 1.82) is 0 Å². The van der Waals surface area contributed by atoms with E-state index in [9.17, 15) is 4.79 Å². The summed E-state index contributed by atoms with van der Waals surface area (Å²) in [5.74, 6) is 7.74. The van der Waals surface area contributed by atoms with E-state index in [1.54, 1.807) is 4.68 Å². The molecule has 1 aliphatic rings. The van der Waals surface area contributed by atoms with E-state index >= 15 is 0 Å². The highest BCUT2D eigenvalue weighted by Gasteiger charge is 2.25. The van der Waals surface area contributed by atoms with E-state index in [1.807, 2.05) is 31.9 Å². The van der Waals surface area contributed by atoms with Crippen LogP contribution < -0.4 is 5.84 Å². The number of nitrogens with two attached hydrogens (primary N) is 1. The van der Waals surface area contributed by atoms with Gasteiger partial charge in [0.25, 0.3) is 5.95 Å². The van der Waals surface area contributed by atoms with Crippen LogP contribution in [-0.4, -0.2) is 54.3 Å². The molecule has 0 unspecified atom stereocenters. The molecule has 8 nitrogen and oxygen atoms in total. The minimum absolute atomic E-state index is 0.102. The minimum Gasteiger partial charge on any atom is -0.342 e. The number of nitrogen functional groups attached to an aromatic ring is 1. The fourth-order valence-electron chi connectivity index (χ4n) is 3.41. The largest absolute Gasteiger partial charge is 0.342 e. The average molecular weight is 378 g/mol. The third-order valence-corrected chi connectivity index (χ3v) is 6.02. The number of amides is 1. The van der Waals surface area contributed by atoms with Crippen molar-refractivity contribution < 1.29 is 4.79 Å². The Kier molecular flexibility index (Phi) is 5.55. The zero-order valence-corrected chi connectivity index (χ0v) is 16.7. The van der Waals surface area contributed by atoms with Crippen LogP contribution in [0.25, 0.3) is 5.95 Å². The monoisotopic (exact) mass is 377 g/mol. The maximum absolute atomic E-state index is 12.5. The molecule has 2 heterocycles. The standard InChI is InChI=1S/C17H27N7OS/c1-11-5-7-14(8-6-11)22(4)15(25)10-26-17-20-19-16(23(17)18)24-13(3)9-12(2)21-24/h9,11,14H,5-8,10,18H2,1-4H3. The quantitative estimate of drug-likeness (QED) is 0.632. The summed E-state index contributed by atoms with van der Waals surface area (Å²) < 4.78 is 3.04. The maximum atomic E-state index is 12.5. The van der Waals surface area contributed by atoms with Crippen LogP contribution in [0.5, 0.6) is 0 Å². The van der Waals surface area contributed by atoms with Crippen LogP contribution in [-0.2, 0) is 4.79 Å². The third kappa shape index (κ3) is 3.87. The van der Waals surface area contributed by atoms with Gasteiger partial charge in [-0.3, -0.25) is 4.79 Å². The first-order valence-corrected chi connectivity index (χ1v) is 9.98. The van der Waals surface area contributed by atoms with Gasteiger partial charge in [-0.1, -0.05) is 18.7 Å². The van der Waals surface area contributed by atoms with Crippen LogP contribution in [0.1, 0.15) is 44.0 Å². The molecule has 0 bridgehead atoms. The highest BCUT2D eigenvalue weighted by atomic mass is 32.2. The van der Waals surface area contributed by atoms with Crippen molar-refractivity contribution in [3.05, 3.63) is 17.5 Å². The van der Waals surface area contributed by atoms with Gasteiger partial charge in [0.15, 0.2) is 0 Å². The summed E-state index contributed by atoms with van der Waals surface area (Å²) in [6.07, 6.45) is 4.56. The Balaban J connectivity index is 1.61. The molecule has 142 valence electrons. The van der Waals surface area contributed by atoms with Gasteiger partial charge in [0.1, 0.15) is 0 Å². The number of aromatic nitrogens is 5. The van der Waals surface area contributed by atoms with Crippen molar-refractivity contribution in [2.75, 3.05) is 18.6 Å². The molecular formula is C17H27N7OS. The molecule has 0 saturated heterocycles. The lowest BCUT2D eigenvalue weighted by atomic mass is 9.87. The summed E-state index contributed by atoms with van der Waals surface area (Å²) in [5, 5.41) is 13.1. The molecule has 0 atom stereocenters. The van der Waals surface area contributed by atoms with Crippen LogP contribution in [0.4, 0.5) is 0 Å². The number of thioether (sulfide) groups is 1. The molecule has 1 saturated carbocycles. The minimum atomic E-state index is 0.102. The summed E-state index contributed by atoms with van der Waals surface area (Å²) in [5.41, 5.74) is 1.82. The number of carbonyl (C=O) groups is 1. The van der Waals surface area contributed by atoms with Crippen molar-refractivity contribution in [2.45, 2.75) is 57.7 Å². The molecule has 9 heteroatoms. The van der Waals surface area contributed by atoms with Gasteiger partial charge >= 0.3 is 0 Å². The molecule has 0 radical (unpaired) electrons. The fraction of sp³-hybridized carbons (Fsp3) is 0.647. The van der Waals surface area contributed by atoms with E-state index in [4.69, 9.17) is 5.84 Å². The summed E-state index contributed by atoms with van der Waals surface area (Å²) >= 11 is 1.31. The van der Waals surface area contributed by atoms with E-state index < -0.39 is 0 Å². The number of hydrogen-bond donors (Lipinski definition) is 1. The molecule has 3 rings (SSSR count). The number of aryl methyl sites for hydroxylation is 2. The molecule has 1 aliphatic carbocycles. The first-order chi connectivity index (χ1) is 12.4. The summed E-state index contributed by atoms with van der Waals surface area (Å²) in [4.78, 5) is 14.4. The lowest BCUT2D eigenvalue weighted by molar-refractivity contribution is -0.129. The molecule has 2 aromatic rings. The molecule has 1 fully saturated rings. The van der Waals surface area contributed by atoms with Crippen LogP contribution >= 0.6 is 11.8 Å². The molecule has 2 aromatic heterocycles. The molecule has 2 N–H and O–H groups in total. The van der Waals surface area contributed by atoms with Gasteiger partial charge in [0.2, 0.25) is 11.1 Å². The zero-order chi connectivity index (χ0) is 18.8. The second-order valence-electron chi connectivity index (χ2n) is 7.20. The van der Waals surface area contributed by atoms with Crippen LogP contribution in [0, 0.1) is 19.8 Å². The van der Waals surface area contributed by atoms with Gasteiger partial charge in [-0.15, -0.1) is 10.2 Å². The number of nitrogens with zero attached hydrogens (tertiary/aromatic N) is 6. The normalized spacial score (nSPS) is 20.3. The Bertz CT molecular complexity index is 776. The van der Waals surface area contributed by atoms with Gasteiger partial charge in [0, 0.05) is 18.8 Å². The lowest BCUT2D eigenvalue weighted by Gasteiger charge is -2.33. The molecule has 1 amide bonds. The van der Waals surface area contributed by atoms with Gasteiger partial charge in [-0.05, 0) is 51.5 Å². The van der Waals surface area contributed by atoms with Crippen molar-refractivity contribution >= 4 is 17.7 Å². The Morgan fingerprint density at radius 1 is 1.31 bits per heavy atom. The summed E-state index contributed by atoms with van der Waals surface area (Å²) in [6.45, 7) is 6.13. The molecule has 0 aliphatic heterocycles. The molecule has 0 aromatic carbocycles. The first kappa shape index (κ1) is 18.8. The Labute approximate surface area is 158 Å². The van der Waals surface area contributed by atoms with Crippen LogP contribution in [0.3, 0.4) is 0 Å². The maximum Gasteiger partial charge on any atom is 0.271 e. The van der Waals surface area contributed by atoms with Crippen molar-refractivity contribution in [3.63, 3.8) is 0 Å². The van der Waals surface area contributed by atoms with Gasteiger partial charge in [0.05, 0.1) is 11.4 Å². The highest BCUT2D eigenvalue weighted by molar-refractivity contribution is 7.99. The zero-order valence-electron chi connectivity index (χ0n) is 15.8. The number of hydrogen-bond acceptors (Lipinski definition) is 6. The van der Waals surface area contributed by atoms with E-state index in [2.05, 4.69) is 22.2 Å². The van der Waals surface area contributed by atoms with Crippen molar-refractivity contribution in [2.24, 2.45) is 5.92 Å². The van der Waals surface area contributed by atoms with Crippen molar-refractivity contribution in [1.82, 2.24) is 29.6 Å². The van der Waals surface area contributed by atoms with Crippen molar-refractivity contribution in [3.8, 4) is 5.95 Å². The predicted molar refractivity (Wildman–Crippen MR) is 102 cm³/mol. The Hall–Kier alpha value is -2.03. The SMILES string of the molecule is Cc1cc(C)n(-c2nnc(SCC(=O)N(C)C3CCC(C)CC3)n2N)n1. The molecular weight excluding hydrogens is 350 g/mol. The van der Waals surface area contributed by atoms with Gasteiger partial charge in [-0.25, -0.2) is 9.36 Å². The summed E-state index contributed by atoms with van der Waals surface area (Å²) in [7, 11) is 1.90. The van der Waals surface area contributed by atoms with Gasteiger partial charge < -0.3 is 10.7 Å². The van der Waals surface area contributed by atoms with E-state index in [1.165, 1.54) is 29.3 Å². The Morgan fingerprint density at radius 3 is 2.62 bits per heavy atom. The van der Waals surface area contributed by atoms with E-state index in [0.717, 1.165) is 30.1 Å². The number of carbonyl (C=O) groups excluding carboxylic acids is 1. The van der Waals surface area contributed by atoms with Crippen LogP contribution in [0.2, 0.25) is 0 Å². The molecule has 0 spiro atoms. The highest BCUT2D eigenvalue weighted by Crippen LogP contribution is 2.27. The van der Waals surface area contributed by atoms with Gasteiger partial charge in [-0.2, -0.15) is 5.10 Å². The van der Waals surface area contributed by atoms with E-state index in [-0.39, 0.29) is 5.91 Å². The molecule has 26 heavy (non-hydrogen) atoms. The lowest BCUT2D eigenvalue weighted by Crippen LogP contribution is -2.40. The topological polar surface area (TPSA) is 94.9 Å². The predicted octanol–water partition coefficient (Wildman–Crippen LogP) is 1.92. The number of rotatable bonds is 5. The smallest absolute Gasteiger partial charge is 0.271 e. The fourth-order valence-corrected chi connectivity index (χ4v) is 4.18. The third-order valence-electron chi connectivity index (χ3n) is 5.10. The second-order valence-corrected chi connectivity index (χ2v) is 8.14. The average Bonchev–Trinajstić information content (AvgIpc) is 3.14. The summed E-state index contributed by atoms with van der Waals surface area (Å²) in [6, 6.07) is 2.30. The van der Waals surface area contributed by atoms with Crippen LogP contribution in [0.15, 0.2) is 11.2 Å². The van der Waals surface area contributed by atoms with E-state index in [0.29, 0.717) is 22.9 Å². The second kappa shape index (κ2) is 7.69. The Morgan fingerprint density at radius 2 is 2.00 bits per heavy atom.